The van der Waals surface area contributed by atoms with Crippen LogP contribution in [0.1, 0.15) is 18.4 Å². The van der Waals surface area contributed by atoms with Crippen molar-refractivity contribution in [3.05, 3.63) is 39.9 Å². The molecular weight excluding hydrogens is 256 g/mol. The summed E-state index contributed by atoms with van der Waals surface area (Å²) in [6.07, 6.45) is 3.79. The molecule has 1 aromatic carbocycles. The number of hydrogen-bond donors (Lipinski definition) is 1. The minimum Gasteiger partial charge on any atom is -0.478 e. The van der Waals surface area contributed by atoms with Crippen LogP contribution in [0.3, 0.4) is 0 Å². The third-order valence-corrected chi connectivity index (χ3v) is 2.98. The van der Waals surface area contributed by atoms with Gasteiger partial charge in [0.05, 0.1) is 0 Å². The van der Waals surface area contributed by atoms with Crippen LogP contribution in [0, 0.1) is 5.92 Å². The molecule has 0 aliphatic heterocycles. The van der Waals surface area contributed by atoms with E-state index in [1.807, 2.05) is 24.3 Å². The van der Waals surface area contributed by atoms with E-state index < -0.39 is 5.97 Å². The number of aliphatic carboxylic acids is 1. The van der Waals surface area contributed by atoms with E-state index in [4.69, 9.17) is 5.11 Å². The van der Waals surface area contributed by atoms with Crippen LogP contribution in [0.5, 0.6) is 0 Å². The molecule has 3 heteroatoms. The van der Waals surface area contributed by atoms with Crippen molar-refractivity contribution >= 4 is 28.0 Å². The molecule has 2 rings (SSSR count). The molecule has 0 amide bonds. The quantitative estimate of drug-likeness (QED) is 0.853. The number of benzene rings is 1. The van der Waals surface area contributed by atoms with E-state index in [1.165, 1.54) is 0 Å². The first-order valence-electron chi connectivity index (χ1n) is 4.87. The fourth-order valence-electron chi connectivity index (χ4n) is 1.49. The summed E-state index contributed by atoms with van der Waals surface area (Å²) in [5.41, 5.74) is 1.49. The zero-order valence-electron chi connectivity index (χ0n) is 8.11. The van der Waals surface area contributed by atoms with Gasteiger partial charge in [-0.15, -0.1) is 0 Å². The van der Waals surface area contributed by atoms with Gasteiger partial charge in [0.15, 0.2) is 0 Å². The monoisotopic (exact) mass is 266 g/mol. The molecule has 1 saturated carbocycles. The Labute approximate surface area is 96.7 Å². The molecule has 0 bridgehead atoms. The number of carbonyl (C=O) groups is 1. The summed E-state index contributed by atoms with van der Waals surface area (Å²) in [5.74, 6) is -0.522. The lowest BCUT2D eigenvalue weighted by Gasteiger charge is -2.00. The summed E-state index contributed by atoms with van der Waals surface area (Å²) >= 11 is 3.34. The van der Waals surface area contributed by atoms with Gasteiger partial charge in [0.2, 0.25) is 0 Å². The molecule has 2 nitrogen and oxygen atoms in total. The van der Waals surface area contributed by atoms with Crippen LogP contribution in [0.15, 0.2) is 34.3 Å². The third kappa shape index (κ3) is 2.69. The van der Waals surface area contributed by atoms with E-state index in [2.05, 4.69) is 15.9 Å². The van der Waals surface area contributed by atoms with Crippen molar-refractivity contribution in [1.29, 1.82) is 0 Å². The van der Waals surface area contributed by atoms with Gasteiger partial charge in [-0.1, -0.05) is 28.1 Å². The van der Waals surface area contributed by atoms with E-state index in [0.717, 1.165) is 22.9 Å². The molecule has 1 aromatic rings. The second-order valence-corrected chi connectivity index (χ2v) is 4.65. The normalized spacial score (nSPS) is 16.5. The number of carboxylic acid groups (broad SMARTS) is 1. The number of rotatable bonds is 3. The van der Waals surface area contributed by atoms with Gasteiger partial charge in [0.1, 0.15) is 0 Å². The Kier molecular flexibility index (Phi) is 2.91. The molecule has 0 heterocycles. The van der Waals surface area contributed by atoms with Crippen molar-refractivity contribution in [3.63, 3.8) is 0 Å². The zero-order valence-corrected chi connectivity index (χ0v) is 9.70. The lowest BCUT2D eigenvalue weighted by molar-refractivity contribution is -0.132. The van der Waals surface area contributed by atoms with Crippen LogP contribution in [0.25, 0.3) is 6.08 Å². The van der Waals surface area contributed by atoms with Crippen molar-refractivity contribution in [2.24, 2.45) is 5.92 Å². The van der Waals surface area contributed by atoms with Crippen LogP contribution < -0.4 is 0 Å². The lowest BCUT2D eigenvalue weighted by Crippen LogP contribution is -2.01. The van der Waals surface area contributed by atoms with Gasteiger partial charge >= 0.3 is 5.97 Å². The van der Waals surface area contributed by atoms with Crippen LogP contribution in [0.2, 0.25) is 0 Å². The second kappa shape index (κ2) is 4.19. The zero-order chi connectivity index (χ0) is 10.8. The summed E-state index contributed by atoms with van der Waals surface area (Å²) in [4.78, 5) is 11.0. The standard InChI is InChI=1S/C12H11BrO2/c13-10-5-1-8(2-6-10)7-11(12(14)15)9-3-4-9/h1-2,5-7,9H,3-4H2,(H,14,15)/b11-7-. The highest BCUT2D eigenvalue weighted by Crippen LogP contribution is 2.37. The second-order valence-electron chi connectivity index (χ2n) is 3.73. The maximum absolute atomic E-state index is 11.0. The first kappa shape index (κ1) is 10.4. The van der Waals surface area contributed by atoms with Crippen molar-refractivity contribution in [1.82, 2.24) is 0 Å². The van der Waals surface area contributed by atoms with Crippen LogP contribution in [0.4, 0.5) is 0 Å². The molecule has 1 aliphatic carbocycles. The SMILES string of the molecule is O=C(O)/C(=C\c1ccc(Br)cc1)C1CC1. The van der Waals surface area contributed by atoms with Gasteiger partial charge < -0.3 is 5.11 Å². The van der Waals surface area contributed by atoms with Gasteiger partial charge in [0.25, 0.3) is 0 Å². The molecule has 1 aliphatic rings. The van der Waals surface area contributed by atoms with E-state index in [-0.39, 0.29) is 5.92 Å². The molecule has 1 N–H and O–H groups in total. The maximum Gasteiger partial charge on any atom is 0.331 e. The smallest absolute Gasteiger partial charge is 0.331 e. The summed E-state index contributed by atoms with van der Waals surface area (Å²) in [7, 11) is 0. The Morgan fingerprint density at radius 2 is 1.93 bits per heavy atom. The minimum absolute atomic E-state index is 0.270. The van der Waals surface area contributed by atoms with Gasteiger partial charge in [-0.25, -0.2) is 4.79 Å². The molecule has 0 unspecified atom stereocenters. The van der Waals surface area contributed by atoms with Crippen molar-refractivity contribution in [2.75, 3.05) is 0 Å². The van der Waals surface area contributed by atoms with Crippen LogP contribution >= 0.6 is 15.9 Å². The highest BCUT2D eigenvalue weighted by Gasteiger charge is 2.30. The number of hydrogen-bond acceptors (Lipinski definition) is 1. The molecule has 15 heavy (non-hydrogen) atoms. The first-order chi connectivity index (χ1) is 7.16. The summed E-state index contributed by atoms with van der Waals surface area (Å²) in [5, 5.41) is 9.02. The molecule has 0 spiro atoms. The number of carboxylic acids is 1. The van der Waals surface area contributed by atoms with Gasteiger partial charge in [0, 0.05) is 10.0 Å². The number of halogens is 1. The molecule has 1 fully saturated rings. The predicted octanol–water partition coefficient (Wildman–Crippen LogP) is 3.33. The van der Waals surface area contributed by atoms with Crippen LogP contribution in [-0.2, 0) is 4.79 Å². The van der Waals surface area contributed by atoms with Crippen LogP contribution in [-0.4, -0.2) is 11.1 Å². The van der Waals surface area contributed by atoms with Gasteiger partial charge in [-0.3, -0.25) is 0 Å². The van der Waals surface area contributed by atoms with Crippen molar-refractivity contribution < 1.29 is 9.90 Å². The largest absolute Gasteiger partial charge is 0.478 e. The maximum atomic E-state index is 11.0. The molecule has 0 atom stereocenters. The molecule has 78 valence electrons. The summed E-state index contributed by atoms with van der Waals surface area (Å²) in [6, 6.07) is 7.65. The molecular formula is C12H11BrO2. The summed E-state index contributed by atoms with van der Waals surface area (Å²) < 4.78 is 1.00. The van der Waals surface area contributed by atoms with Gasteiger partial charge in [-0.05, 0) is 42.5 Å². The van der Waals surface area contributed by atoms with Crippen molar-refractivity contribution in [2.45, 2.75) is 12.8 Å². The summed E-state index contributed by atoms with van der Waals surface area (Å²) in [6.45, 7) is 0. The average molecular weight is 267 g/mol. The molecule has 0 saturated heterocycles. The minimum atomic E-state index is -0.791. The molecule has 0 radical (unpaired) electrons. The van der Waals surface area contributed by atoms with E-state index in [0.29, 0.717) is 5.57 Å². The Morgan fingerprint density at radius 1 is 1.33 bits per heavy atom. The third-order valence-electron chi connectivity index (χ3n) is 2.46. The fraction of sp³-hybridized carbons (Fsp3) is 0.250. The lowest BCUT2D eigenvalue weighted by atomic mass is 10.1. The fourth-order valence-corrected chi connectivity index (χ4v) is 1.75. The topological polar surface area (TPSA) is 37.3 Å². The highest BCUT2D eigenvalue weighted by molar-refractivity contribution is 9.10. The van der Waals surface area contributed by atoms with E-state index in [9.17, 15) is 4.79 Å². The van der Waals surface area contributed by atoms with E-state index >= 15 is 0 Å². The Morgan fingerprint density at radius 3 is 2.40 bits per heavy atom. The molecule has 0 aromatic heterocycles. The Bertz CT molecular complexity index is 402. The van der Waals surface area contributed by atoms with Gasteiger partial charge in [-0.2, -0.15) is 0 Å². The predicted molar refractivity (Wildman–Crippen MR) is 62.5 cm³/mol. The Balaban J connectivity index is 2.26. The first-order valence-corrected chi connectivity index (χ1v) is 5.66. The Hall–Kier alpha value is -1.09. The van der Waals surface area contributed by atoms with Crippen molar-refractivity contribution in [3.8, 4) is 0 Å². The van der Waals surface area contributed by atoms with E-state index in [1.54, 1.807) is 6.08 Å². The average Bonchev–Trinajstić information content (AvgIpc) is 3.00. The highest BCUT2D eigenvalue weighted by atomic mass is 79.9.